The Labute approximate surface area is 186 Å². The zero-order chi connectivity index (χ0) is 22.2. The van der Waals surface area contributed by atoms with Crippen LogP contribution in [0.2, 0.25) is 5.02 Å². The summed E-state index contributed by atoms with van der Waals surface area (Å²) in [4.78, 5) is 16.7. The Hall–Kier alpha value is -2.60. The Balaban J connectivity index is 1.45. The highest BCUT2D eigenvalue weighted by Crippen LogP contribution is 2.31. The zero-order valence-corrected chi connectivity index (χ0v) is 18.3. The summed E-state index contributed by atoms with van der Waals surface area (Å²) in [7, 11) is -3.75. The number of nitro benzene ring substituents is 1. The molecule has 0 N–H and O–H groups in total. The van der Waals surface area contributed by atoms with Gasteiger partial charge in [0.2, 0.25) is 10.0 Å². The highest BCUT2D eigenvalue weighted by molar-refractivity contribution is 7.89. The van der Waals surface area contributed by atoms with Gasteiger partial charge in [0.05, 0.1) is 15.5 Å². The van der Waals surface area contributed by atoms with Gasteiger partial charge in [0.15, 0.2) is 5.13 Å². The lowest BCUT2D eigenvalue weighted by Crippen LogP contribution is -2.48. The molecule has 12 heteroatoms. The summed E-state index contributed by atoms with van der Waals surface area (Å²) in [5.41, 5.74) is 1.01. The first-order valence-electron chi connectivity index (χ1n) is 9.15. The molecule has 2 aromatic carbocycles. The third-order valence-corrected chi connectivity index (χ3v) is 7.88. The van der Waals surface area contributed by atoms with Gasteiger partial charge in [-0.1, -0.05) is 11.6 Å². The van der Waals surface area contributed by atoms with Crippen LogP contribution in [0.5, 0.6) is 0 Å². The molecule has 1 aliphatic heterocycles. The minimum absolute atomic E-state index is 0.0195. The number of benzene rings is 2. The minimum Gasteiger partial charge on any atom is -0.345 e. The van der Waals surface area contributed by atoms with E-state index >= 15 is 0 Å². The van der Waals surface area contributed by atoms with Gasteiger partial charge in [-0.05, 0) is 30.3 Å². The lowest BCUT2D eigenvalue weighted by molar-refractivity contribution is -0.384. The molecule has 2 heterocycles. The second-order valence-corrected chi connectivity index (χ2v) is 10.0. The number of nitrogens with zero attached hydrogens (tertiary/aromatic N) is 4. The van der Waals surface area contributed by atoms with Crippen molar-refractivity contribution in [3.8, 4) is 11.3 Å². The predicted octanol–water partition coefficient (Wildman–Crippen LogP) is 4.02. The van der Waals surface area contributed by atoms with Crippen LogP contribution in [-0.2, 0) is 10.0 Å². The molecule has 0 saturated carbocycles. The molecule has 1 aliphatic rings. The number of aromatic nitrogens is 1. The number of nitro groups is 1. The second-order valence-electron chi connectivity index (χ2n) is 6.82. The molecular formula is C19H16ClFN4O4S2. The van der Waals surface area contributed by atoms with Crippen LogP contribution in [-0.4, -0.2) is 48.8 Å². The molecule has 31 heavy (non-hydrogen) atoms. The van der Waals surface area contributed by atoms with E-state index in [4.69, 9.17) is 11.6 Å². The second kappa shape index (κ2) is 8.50. The Morgan fingerprint density at radius 2 is 1.77 bits per heavy atom. The van der Waals surface area contributed by atoms with Crippen molar-refractivity contribution in [1.82, 2.24) is 9.29 Å². The smallest absolute Gasteiger partial charge is 0.269 e. The molecule has 3 aromatic rings. The maximum absolute atomic E-state index is 13.6. The molecule has 0 bridgehead atoms. The lowest BCUT2D eigenvalue weighted by Gasteiger charge is -2.33. The number of thiazole rings is 1. The van der Waals surface area contributed by atoms with Gasteiger partial charge in [0.25, 0.3) is 5.69 Å². The zero-order valence-electron chi connectivity index (χ0n) is 15.9. The van der Waals surface area contributed by atoms with Crippen LogP contribution in [0.25, 0.3) is 11.3 Å². The SMILES string of the molecule is O=[N+]([O-])c1ccc(S(=O)(=O)N2CCN(c3nc(-c4cc(F)cc(Cl)c4)cs3)CC2)cc1. The van der Waals surface area contributed by atoms with E-state index in [0.29, 0.717) is 29.5 Å². The highest BCUT2D eigenvalue weighted by atomic mass is 35.5. The quantitative estimate of drug-likeness (QED) is 0.402. The van der Waals surface area contributed by atoms with Crippen molar-refractivity contribution < 1.29 is 17.7 Å². The van der Waals surface area contributed by atoms with Crippen LogP contribution in [0, 0.1) is 15.9 Å². The molecule has 8 nitrogen and oxygen atoms in total. The van der Waals surface area contributed by atoms with Crippen LogP contribution in [0.1, 0.15) is 0 Å². The molecular weight excluding hydrogens is 467 g/mol. The van der Waals surface area contributed by atoms with Crippen LogP contribution in [0.3, 0.4) is 0 Å². The molecule has 162 valence electrons. The Morgan fingerprint density at radius 3 is 2.39 bits per heavy atom. The van der Waals surface area contributed by atoms with Crippen LogP contribution in [0.4, 0.5) is 15.2 Å². The third-order valence-electron chi connectivity index (χ3n) is 4.84. The van der Waals surface area contributed by atoms with E-state index in [9.17, 15) is 22.9 Å². The van der Waals surface area contributed by atoms with Crippen molar-refractivity contribution in [2.75, 3.05) is 31.1 Å². The summed E-state index contributed by atoms with van der Waals surface area (Å²) in [6.45, 7) is 1.37. The number of piperazine rings is 1. The molecule has 4 rings (SSSR count). The monoisotopic (exact) mass is 482 g/mol. The van der Waals surface area contributed by atoms with Gasteiger partial charge < -0.3 is 4.90 Å². The maximum Gasteiger partial charge on any atom is 0.269 e. The van der Waals surface area contributed by atoms with Crippen molar-refractivity contribution in [2.45, 2.75) is 4.90 Å². The van der Waals surface area contributed by atoms with Crippen molar-refractivity contribution in [1.29, 1.82) is 0 Å². The first-order valence-corrected chi connectivity index (χ1v) is 11.9. The standard InChI is InChI=1S/C19H16ClFN4O4S2/c20-14-9-13(10-15(21)11-14)18-12-30-19(22-18)23-5-7-24(8-6-23)31(28,29)17-3-1-16(2-4-17)25(26)27/h1-4,9-12H,5-8H2. The van der Waals surface area contributed by atoms with E-state index in [1.807, 2.05) is 4.90 Å². The summed E-state index contributed by atoms with van der Waals surface area (Å²) >= 11 is 7.31. The average molecular weight is 483 g/mol. The van der Waals surface area contributed by atoms with Gasteiger partial charge >= 0.3 is 0 Å². The average Bonchev–Trinajstić information content (AvgIpc) is 3.23. The summed E-state index contributed by atoms with van der Waals surface area (Å²) in [5, 5.41) is 13.6. The van der Waals surface area contributed by atoms with Crippen molar-refractivity contribution in [3.63, 3.8) is 0 Å². The van der Waals surface area contributed by atoms with Crippen LogP contribution < -0.4 is 4.90 Å². The molecule has 1 saturated heterocycles. The molecule has 0 amide bonds. The van der Waals surface area contributed by atoms with E-state index in [1.165, 1.54) is 52.0 Å². The minimum atomic E-state index is -3.75. The Kier molecular flexibility index (Phi) is 5.93. The first-order chi connectivity index (χ1) is 14.7. The summed E-state index contributed by atoms with van der Waals surface area (Å²) in [5.74, 6) is -0.442. The van der Waals surface area contributed by atoms with Gasteiger partial charge in [-0.15, -0.1) is 11.3 Å². The molecule has 0 unspecified atom stereocenters. The summed E-state index contributed by atoms with van der Waals surface area (Å²) in [6.07, 6.45) is 0. The number of halogens is 2. The van der Waals surface area contributed by atoms with E-state index in [2.05, 4.69) is 4.98 Å². The first kappa shape index (κ1) is 21.6. The third kappa shape index (κ3) is 4.54. The molecule has 0 atom stereocenters. The van der Waals surface area contributed by atoms with Crippen molar-refractivity contribution in [3.05, 3.63) is 68.8 Å². The van der Waals surface area contributed by atoms with Gasteiger partial charge in [0.1, 0.15) is 5.82 Å². The van der Waals surface area contributed by atoms with E-state index in [-0.39, 0.29) is 28.7 Å². The molecule has 0 aliphatic carbocycles. The largest absolute Gasteiger partial charge is 0.345 e. The van der Waals surface area contributed by atoms with Crippen LogP contribution in [0.15, 0.2) is 52.7 Å². The van der Waals surface area contributed by atoms with Crippen LogP contribution >= 0.6 is 22.9 Å². The Bertz CT molecular complexity index is 1210. The highest BCUT2D eigenvalue weighted by Gasteiger charge is 2.29. The number of anilines is 1. The lowest BCUT2D eigenvalue weighted by atomic mass is 10.2. The van der Waals surface area contributed by atoms with Crippen molar-refractivity contribution >= 4 is 43.8 Å². The normalized spacial score (nSPS) is 15.2. The van der Waals surface area contributed by atoms with E-state index in [1.54, 1.807) is 11.4 Å². The fraction of sp³-hybridized carbons (Fsp3) is 0.211. The molecule has 0 radical (unpaired) electrons. The topological polar surface area (TPSA) is 96.6 Å². The summed E-state index contributed by atoms with van der Waals surface area (Å²) < 4.78 is 40.7. The fourth-order valence-corrected chi connectivity index (χ4v) is 5.78. The fourth-order valence-electron chi connectivity index (χ4n) is 3.25. The van der Waals surface area contributed by atoms with Gasteiger partial charge in [0, 0.05) is 54.3 Å². The van der Waals surface area contributed by atoms with E-state index in [0.717, 1.165) is 0 Å². The summed E-state index contributed by atoms with van der Waals surface area (Å²) in [6, 6.07) is 9.08. The van der Waals surface area contributed by atoms with Crippen molar-refractivity contribution in [2.24, 2.45) is 0 Å². The molecule has 1 fully saturated rings. The number of non-ortho nitro benzene ring substituents is 1. The number of hydrogen-bond acceptors (Lipinski definition) is 7. The van der Waals surface area contributed by atoms with Gasteiger partial charge in [-0.3, -0.25) is 10.1 Å². The molecule has 1 aromatic heterocycles. The number of hydrogen-bond donors (Lipinski definition) is 0. The van der Waals surface area contributed by atoms with Gasteiger partial charge in [-0.25, -0.2) is 17.8 Å². The molecule has 0 spiro atoms. The number of sulfonamides is 1. The van der Waals surface area contributed by atoms with Gasteiger partial charge in [-0.2, -0.15) is 4.31 Å². The maximum atomic E-state index is 13.6. The Morgan fingerprint density at radius 1 is 1.10 bits per heavy atom. The predicted molar refractivity (Wildman–Crippen MR) is 117 cm³/mol. The number of rotatable bonds is 5. The van der Waals surface area contributed by atoms with E-state index < -0.39 is 20.8 Å².